The van der Waals surface area contributed by atoms with Crippen LogP contribution in [0.15, 0.2) is 29.2 Å². The molecule has 0 aliphatic carbocycles. The van der Waals surface area contributed by atoms with Crippen LogP contribution in [0.2, 0.25) is 0 Å². The topological polar surface area (TPSA) is 38.3 Å². The third-order valence-electron chi connectivity index (χ3n) is 2.42. The minimum absolute atomic E-state index is 0.0109. The van der Waals surface area contributed by atoms with Gasteiger partial charge in [-0.05, 0) is 36.6 Å². The molecule has 0 aliphatic heterocycles. The van der Waals surface area contributed by atoms with Gasteiger partial charge in [-0.3, -0.25) is 4.79 Å². The summed E-state index contributed by atoms with van der Waals surface area (Å²) in [6, 6.07) is 6.14. The molecule has 3 nitrogen and oxygen atoms in total. The van der Waals surface area contributed by atoms with E-state index in [-0.39, 0.29) is 11.7 Å². The number of carbonyl (C=O) groups is 1. The van der Waals surface area contributed by atoms with Crippen molar-refractivity contribution in [3.63, 3.8) is 0 Å². The molecular formula is C15H22FNO2S. The first-order valence-electron chi connectivity index (χ1n) is 6.80. The number of nitrogens with one attached hydrogen (secondary N) is 1. The molecular weight excluding hydrogens is 277 g/mol. The Labute approximate surface area is 124 Å². The standard InChI is InChI=1S/C15H22FNO2S/c1-12(2)10-19-9-3-8-17-15(18)11-20-14-6-4-13(16)5-7-14/h4-7,12H,3,8-11H2,1-2H3,(H,17,18). The van der Waals surface area contributed by atoms with Crippen LogP contribution in [0.1, 0.15) is 20.3 Å². The summed E-state index contributed by atoms with van der Waals surface area (Å²) in [6.45, 7) is 6.27. The van der Waals surface area contributed by atoms with E-state index in [0.29, 0.717) is 24.8 Å². The van der Waals surface area contributed by atoms with Crippen molar-refractivity contribution in [1.29, 1.82) is 0 Å². The molecule has 1 amide bonds. The summed E-state index contributed by atoms with van der Waals surface area (Å²) < 4.78 is 18.1. The van der Waals surface area contributed by atoms with Crippen LogP contribution in [0.4, 0.5) is 4.39 Å². The van der Waals surface area contributed by atoms with Crippen molar-refractivity contribution in [3.8, 4) is 0 Å². The Kier molecular flexibility index (Phi) is 8.30. The van der Waals surface area contributed by atoms with Crippen molar-refractivity contribution in [3.05, 3.63) is 30.1 Å². The van der Waals surface area contributed by atoms with Crippen molar-refractivity contribution in [1.82, 2.24) is 5.32 Å². The first-order chi connectivity index (χ1) is 9.58. The smallest absolute Gasteiger partial charge is 0.230 e. The van der Waals surface area contributed by atoms with Crippen molar-refractivity contribution in [2.75, 3.05) is 25.5 Å². The molecule has 0 atom stereocenters. The number of hydrogen-bond acceptors (Lipinski definition) is 3. The molecule has 1 aromatic rings. The minimum Gasteiger partial charge on any atom is -0.381 e. The summed E-state index contributed by atoms with van der Waals surface area (Å²) in [5.41, 5.74) is 0. The second kappa shape index (κ2) is 9.77. The van der Waals surface area contributed by atoms with Crippen molar-refractivity contribution in [2.24, 2.45) is 5.92 Å². The highest BCUT2D eigenvalue weighted by Crippen LogP contribution is 2.17. The third kappa shape index (κ3) is 8.17. The summed E-state index contributed by atoms with van der Waals surface area (Å²) in [5, 5.41) is 2.84. The summed E-state index contributed by atoms with van der Waals surface area (Å²) in [7, 11) is 0. The van der Waals surface area contributed by atoms with E-state index in [1.54, 1.807) is 12.1 Å². The molecule has 1 rings (SSSR count). The molecule has 0 spiro atoms. The van der Waals surface area contributed by atoms with E-state index in [1.807, 2.05) is 0 Å². The zero-order valence-electron chi connectivity index (χ0n) is 12.0. The van der Waals surface area contributed by atoms with E-state index < -0.39 is 0 Å². The van der Waals surface area contributed by atoms with E-state index in [0.717, 1.165) is 17.9 Å². The predicted octanol–water partition coefficient (Wildman–Crippen LogP) is 3.10. The number of halogens is 1. The lowest BCUT2D eigenvalue weighted by Gasteiger charge is -2.07. The molecule has 0 unspecified atom stereocenters. The fraction of sp³-hybridized carbons (Fsp3) is 0.533. The fourth-order valence-corrected chi connectivity index (χ4v) is 2.18. The molecule has 0 aliphatic rings. The van der Waals surface area contributed by atoms with Crippen LogP contribution in [-0.2, 0) is 9.53 Å². The first-order valence-corrected chi connectivity index (χ1v) is 7.79. The van der Waals surface area contributed by atoms with Crippen molar-refractivity contribution >= 4 is 17.7 Å². The van der Waals surface area contributed by atoms with Crippen LogP contribution in [-0.4, -0.2) is 31.4 Å². The fourth-order valence-electron chi connectivity index (χ4n) is 1.45. The number of amides is 1. The van der Waals surface area contributed by atoms with Gasteiger partial charge in [-0.1, -0.05) is 13.8 Å². The average Bonchev–Trinajstić information content (AvgIpc) is 2.41. The minimum atomic E-state index is -0.264. The average molecular weight is 299 g/mol. The number of benzene rings is 1. The molecule has 0 bridgehead atoms. The maximum atomic E-state index is 12.7. The van der Waals surface area contributed by atoms with E-state index in [2.05, 4.69) is 19.2 Å². The second-order valence-corrected chi connectivity index (χ2v) is 5.96. The van der Waals surface area contributed by atoms with Gasteiger partial charge in [0.15, 0.2) is 0 Å². The molecule has 112 valence electrons. The normalized spacial score (nSPS) is 10.8. The van der Waals surface area contributed by atoms with Gasteiger partial charge in [0.1, 0.15) is 5.82 Å². The molecule has 0 saturated carbocycles. The van der Waals surface area contributed by atoms with Crippen LogP contribution in [0, 0.1) is 11.7 Å². The SMILES string of the molecule is CC(C)COCCCNC(=O)CSc1ccc(F)cc1. The van der Waals surface area contributed by atoms with E-state index >= 15 is 0 Å². The Balaban J connectivity index is 2.04. The number of hydrogen-bond donors (Lipinski definition) is 1. The highest BCUT2D eigenvalue weighted by molar-refractivity contribution is 8.00. The van der Waals surface area contributed by atoms with Crippen LogP contribution >= 0.6 is 11.8 Å². The summed E-state index contributed by atoms with van der Waals surface area (Å²) in [6.07, 6.45) is 0.819. The van der Waals surface area contributed by atoms with Gasteiger partial charge in [0.05, 0.1) is 5.75 Å². The van der Waals surface area contributed by atoms with Crippen molar-refractivity contribution in [2.45, 2.75) is 25.2 Å². The van der Waals surface area contributed by atoms with E-state index in [1.165, 1.54) is 23.9 Å². The highest BCUT2D eigenvalue weighted by Gasteiger charge is 2.02. The van der Waals surface area contributed by atoms with Gasteiger partial charge in [-0.15, -0.1) is 11.8 Å². The van der Waals surface area contributed by atoms with Gasteiger partial charge < -0.3 is 10.1 Å². The lowest BCUT2D eigenvalue weighted by Crippen LogP contribution is -2.27. The van der Waals surface area contributed by atoms with Crippen LogP contribution < -0.4 is 5.32 Å². The van der Waals surface area contributed by atoms with Gasteiger partial charge in [0.2, 0.25) is 5.91 Å². The Morgan fingerprint density at radius 3 is 2.70 bits per heavy atom. The largest absolute Gasteiger partial charge is 0.381 e. The number of rotatable bonds is 9. The van der Waals surface area contributed by atoms with Gasteiger partial charge >= 0.3 is 0 Å². The molecule has 20 heavy (non-hydrogen) atoms. The zero-order valence-corrected chi connectivity index (χ0v) is 12.8. The predicted molar refractivity (Wildman–Crippen MR) is 80.4 cm³/mol. The first kappa shape index (κ1) is 17.0. The van der Waals surface area contributed by atoms with Gasteiger partial charge in [0.25, 0.3) is 0 Å². The molecule has 0 saturated heterocycles. The second-order valence-electron chi connectivity index (χ2n) is 4.91. The maximum absolute atomic E-state index is 12.7. The molecule has 1 aromatic carbocycles. The Morgan fingerprint density at radius 1 is 1.35 bits per heavy atom. The number of thioether (sulfide) groups is 1. The lowest BCUT2D eigenvalue weighted by molar-refractivity contribution is -0.118. The van der Waals surface area contributed by atoms with E-state index in [9.17, 15) is 9.18 Å². The molecule has 1 N–H and O–H groups in total. The molecule has 0 aromatic heterocycles. The molecule has 0 radical (unpaired) electrons. The van der Waals surface area contributed by atoms with Gasteiger partial charge in [0, 0.05) is 24.7 Å². The van der Waals surface area contributed by atoms with Crippen LogP contribution in [0.5, 0.6) is 0 Å². The Bertz CT molecular complexity index is 395. The van der Waals surface area contributed by atoms with E-state index in [4.69, 9.17) is 4.74 Å². The number of carbonyl (C=O) groups excluding carboxylic acids is 1. The Morgan fingerprint density at radius 2 is 2.05 bits per heavy atom. The van der Waals surface area contributed by atoms with Crippen molar-refractivity contribution < 1.29 is 13.9 Å². The maximum Gasteiger partial charge on any atom is 0.230 e. The Hall–Kier alpha value is -1.07. The van der Waals surface area contributed by atoms with Crippen LogP contribution in [0.25, 0.3) is 0 Å². The van der Waals surface area contributed by atoms with Crippen LogP contribution in [0.3, 0.4) is 0 Å². The van der Waals surface area contributed by atoms with Gasteiger partial charge in [-0.25, -0.2) is 4.39 Å². The zero-order chi connectivity index (χ0) is 14.8. The summed E-state index contributed by atoms with van der Waals surface area (Å²) in [4.78, 5) is 12.5. The molecule has 0 heterocycles. The highest BCUT2D eigenvalue weighted by atomic mass is 32.2. The number of ether oxygens (including phenoxy) is 1. The summed E-state index contributed by atoms with van der Waals surface area (Å²) in [5.74, 6) is 0.610. The molecule has 5 heteroatoms. The molecule has 0 fully saturated rings. The summed E-state index contributed by atoms with van der Waals surface area (Å²) >= 11 is 1.40. The van der Waals surface area contributed by atoms with Gasteiger partial charge in [-0.2, -0.15) is 0 Å². The lowest BCUT2D eigenvalue weighted by atomic mass is 10.2. The monoisotopic (exact) mass is 299 g/mol. The third-order valence-corrected chi connectivity index (χ3v) is 3.43. The quantitative estimate of drug-likeness (QED) is 0.562.